The number of tetrazole rings is 1. The minimum absolute atomic E-state index is 0.0417. The van der Waals surface area contributed by atoms with Crippen molar-refractivity contribution in [3.8, 4) is 0 Å². The maximum absolute atomic E-state index is 12.3. The van der Waals surface area contributed by atoms with Crippen LogP contribution < -0.4 is 5.32 Å². The highest BCUT2D eigenvalue weighted by Gasteiger charge is 2.26. The van der Waals surface area contributed by atoms with Crippen LogP contribution in [0.2, 0.25) is 0 Å². The Kier molecular flexibility index (Phi) is 7.33. The molecule has 3 heterocycles. The van der Waals surface area contributed by atoms with Crippen LogP contribution in [0, 0.1) is 0 Å². The van der Waals surface area contributed by atoms with Crippen LogP contribution in [0.4, 0.5) is 5.82 Å². The summed E-state index contributed by atoms with van der Waals surface area (Å²) >= 11 is 0. The molecule has 1 N–H and O–H groups in total. The van der Waals surface area contributed by atoms with Crippen LogP contribution in [-0.4, -0.2) is 55.8 Å². The molecule has 1 aromatic carbocycles. The summed E-state index contributed by atoms with van der Waals surface area (Å²) in [5, 5.41) is 18.6. The lowest BCUT2D eigenvalue weighted by Gasteiger charge is -2.11. The van der Waals surface area contributed by atoms with E-state index in [1.165, 1.54) is 4.68 Å². The molecule has 11 heteroatoms. The molecule has 1 fully saturated rings. The van der Waals surface area contributed by atoms with E-state index in [-0.39, 0.29) is 25.0 Å². The highest BCUT2D eigenvalue weighted by atomic mass is 16.7. The number of nitrogens with zero attached hydrogens (tertiary/aromatic N) is 6. The first-order valence-corrected chi connectivity index (χ1v) is 10.6. The molecule has 172 valence electrons. The Labute approximate surface area is 190 Å². The minimum Gasteiger partial charge on any atom is -0.389 e. The van der Waals surface area contributed by atoms with Crippen molar-refractivity contribution >= 4 is 17.4 Å². The molecule has 0 aliphatic carbocycles. The van der Waals surface area contributed by atoms with Crippen molar-refractivity contribution in [3.05, 3.63) is 65.6 Å². The van der Waals surface area contributed by atoms with Crippen molar-refractivity contribution in [2.75, 3.05) is 11.9 Å². The second kappa shape index (κ2) is 10.7. The topological polar surface area (TPSA) is 126 Å². The molecule has 2 atom stereocenters. The number of hydrogen-bond acceptors (Lipinski definition) is 9. The first-order chi connectivity index (χ1) is 16.1. The highest BCUT2D eigenvalue weighted by Crippen LogP contribution is 2.17. The minimum atomic E-state index is -0.526. The summed E-state index contributed by atoms with van der Waals surface area (Å²) in [7, 11) is 1.73. The van der Waals surface area contributed by atoms with Crippen molar-refractivity contribution in [2.45, 2.75) is 38.8 Å². The predicted octanol–water partition coefficient (Wildman–Crippen LogP) is 2.05. The van der Waals surface area contributed by atoms with Gasteiger partial charge in [0.1, 0.15) is 5.82 Å². The van der Waals surface area contributed by atoms with Gasteiger partial charge in [0.25, 0.3) is 0 Å². The first-order valence-electron chi connectivity index (χ1n) is 10.6. The van der Waals surface area contributed by atoms with Gasteiger partial charge in [-0.05, 0) is 29.0 Å². The third-order valence-corrected chi connectivity index (χ3v) is 4.94. The summed E-state index contributed by atoms with van der Waals surface area (Å²) in [5.41, 5.74) is 1.90. The molecule has 1 aliphatic heterocycles. The van der Waals surface area contributed by atoms with Gasteiger partial charge in [-0.1, -0.05) is 48.5 Å². The van der Waals surface area contributed by atoms with E-state index in [0.717, 1.165) is 12.0 Å². The van der Waals surface area contributed by atoms with Crippen molar-refractivity contribution in [3.63, 3.8) is 0 Å². The normalized spacial score (nSPS) is 18.3. The van der Waals surface area contributed by atoms with Crippen LogP contribution in [0.3, 0.4) is 0 Å². The van der Waals surface area contributed by atoms with Gasteiger partial charge in [-0.2, -0.15) is 0 Å². The lowest BCUT2D eigenvalue weighted by atomic mass is 10.1. The number of pyridine rings is 1. The molecule has 0 radical (unpaired) electrons. The fourth-order valence-electron chi connectivity index (χ4n) is 3.22. The molecule has 11 nitrogen and oxygen atoms in total. The molecule has 1 saturated heterocycles. The second-order valence-corrected chi connectivity index (χ2v) is 7.40. The monoisotopic (exact) mass is 451 g/mol. The van der Waals surface area contributed by atoms with E-state index in [1.807, 2.05) is 37.3 Å². The largest absolute Gasteiger partial charge is 0.389 e. The molecule has 0 saturated carbocycles. The van der Waals surface area contributed by atoms with E-state index in [9.17, 15) is 4.79 Å². The van der Waals surface area contributed by atoms with Gasteiger partial charge in [0.15, 0.2) is 18.6 Å². The van der Waals surface area contributed by atoms with Gasteiger partial charge >= 0.3 is 0 Å². The number of anilines is 1. The van der Waals surface area contributed by atoms with Crippen molar-refractivity contribution < 1.29 is 19.1 Å². The number of oxime groups is 1. The van der Waals surface area contributed by atoms with E-state index >= 15 is 0 Å². The Balaban J connectivity index is 1.38. The fraction of sp³-hybridized carbons (Fsp3) is 0.364. The third kappa shape index (κ3) is 5.96. The summed E-state index contributed by atoms with van der Waals surface area (Å²) in [6, 6.07) is 14.8. The molecular formula is C22H25N7O4. The standard InChI is InChI=1S/C22H25N7O4/c1-3-17-14-31-20(33-17)12-19(30)24-18-11-7-10-16(23-18)13-32-26-21(15-8-5-4-6-9-15)22-25-27-28-29(22)2/h4-11,17,20H,3,12-14H2,1-2H3,(H,23,24,30). The SMILES string of the molecule is CCC1COC(CC(=O)Nc2cccc(CON=C(c3ccccc3)c3nnnn3C)n2)O1. The van der Waals surface area contributed by atoms with Crippen LogP contribution in [-0.2, 0) is 32.8 Å². The average molecular weight is 451 g/mol. The van der Waals surface area contributed by atoms with Gasteiger partial charge in [-0.3, -0.25) is 4.79 Å². The zero-order valence-electron chi connectivity index (χ0n) is 18.4. The Morgan fingerprint density at radius 3 is 2.82 bits per heavy atom. The van der Waals surface area contributed by atoms with E-state index < -0.39 is 6.29 Å². The van der Waals surface area contributed by atoms with Crippen molar-refractivity contribution in [1.29, 1.82) is 0 Å². The molecule has 3 aromatic rings. The Hall–Kier alpha value is -3.70. The first kappa shape index (κ1) is 22.5. The number of rotatable bonds is 9. The molecule has 0 spiro atoms. The Morgan fingerprint density at radius 1 is 1.24 bits per heavy atom. The van der Waals surface area contributed by atoms with Gasteiger partial charge in [0, 0.05) is 12.6 Å². The van der Waals surface area contributed by atoms with Crippen LogP contribution in [0.5, 0.6) is 0 Å². The molecular weight excluding hydrogens is 426 g/mol. The van der Waals surface area contributed by atoms with Gasteiger partial charge in [-0.15, -0.1) is 5.10 Å². The predicted molar refractivity (Wildman–Crippen MR) is 118 cm³/mol. The number of amides is 1. The summed E-state index contributed by atoms with van der Waals surface area (Å²) < 4.78 is 12.6. The van der Waals surface area contributed by atoms with Crippen LogP contribution >= 0.6 is 0 Å². The number of carbonyl (C=O) groups excluding carboxylic acids is 1. The Morgan fingerprint density at radius 2 is 2.09 bits per heavy atom. The highest BCUT2D eigenvalue weighted by molar-refractivity contribution is 6.10. The van der Waals surface area contributed by atoms with E-state index in [2.05, 4.69) is 31.0 Å². The molecule has 2 aromatic heterocycles. The van der Waals surface area contributed by atoms with E-state index in [0.29, 0.717) is 29.7 Å². The zero-order chi connectivity index (χ0) is 23.0. The van der Waals surface area contributed by atoms with E-state index in [1.54, 1.807) is 25.2 Å². The molecule has 4 rings (SSSR count). The third-order valence-electron chi connectivity index (χ3n) is 4.94. The molecule has 0 bridgehead atoms. The summed E-state index contributed by atoms with van der Waals surface area (Å²) in [6.45, 7) is 2.62. The van der Waals surface area contributed by atoms with Gasteiger partial charge in [0.2, 0.25) is 11.7 Å². The maximum atomic E-state index is 12.3. The number of carbonyl (C=O) groups is 1. The number of ether oxygens (including phenoxy) is 2. The maximum Gasteiger partial charge on any atom is 0.230 e. The van der Waals surface area contributed by atoms with Crippen LogP contribution in [0.25, 0.3) is 0 Å². The summed E-state index contributed by atoms with van der Waals surface area (Å²) in [4.78, 5) is 22.3. The van der Waals surface area contributed by atoms with E-state index in [4.69, 9.17) is 14.3 Å². The fourth-order valence-corrected chi connectivity index (χ4v) is 3.22. The summed E-state index contributed by atoms with van der Waals surface area (Å²) in [5.74, 6) is 0.647. The Bertz CT molecular complexity index is 1100. The molecule has 33 heavy (non-hydrogen) atoms. The second-order valence-electron chi connectivity index (χ2n) is 7.40. The van der Waals surface area contributed by atoms with Crippen LogP contribution in [0.1, 0.15) is 36.8 Å². The van der Waals surface area contributed by atoms with Crippen molar-refractivity contribution in [2.24, 2.45) is 12.2 Å². The average Bonchev–Trinajstić information content (AvgIpc) is 3.46. The molecule has 1 aliphatic rings. The number of benzene rings is 1. The number of nitrogens with one attached hydrogen (secondary N) is 1. The number of aryl methyl sites for hydroxylation is 1. The van der Waals surface area contributed by atoms with Gasteiger partial charge in [-0.25, -0.2) is 9.67 Å². The smallest absolute Gasteiger partial charge is 0.230 e. The quantitative estimate of drug-likeness (QED) is 0.387. The summed E-state index contributed by atoms with van der Waals surface area (Å²) in [6.07, 6.45) is 0.473. The number of hydrogen-bond donors (Lipinski definition) is 1. The lowest BCUT2D eigenvalue weighted by Crippen LogP contribution is -2.21. The lowest BCUT2D eigenvalue weighted by molar-refractivity contribution is -0.125. The van der Waals surface area contributed by atoms with Crippen LogP contribution in [0.15, 0.2) is 53.7 Å². The van der Waals surface area contributed by atoms with Gasteiger partial charge < -0.3 is 19.6 Å². The van der Waals surface area contributed by atoms with Crippen molar-refractivity contribution in [1.82, 2.24) is 25.2 Å². The zero-order valence-corrected chi connectivity index (χ0v) is 18.4. The molecule has 2 unspecified atom stereocenters. The molecule has 1 amide bonds. The van der Waals surface area contributed by atoms with Gasteiger partial charge in [0.05, 0.1) is 24.8 Å². The number of aromatic nitrogens is 5.